The fourth-order valence-corrected chi connectivity index (χ4v) is 4.72. The van der Waals surface area contributed by atoms with E-state index in [0.29, 0.717) is 16.3 Å². The van der Waals surface area contributed by atoms with E-state index in [0.717, 1.165) is 58.3 Å². The molecule has 1 atom stereocenters. The van der Waals surface area contributed by atoms with Crippen LogP contribution in [0.1, 0.15) is 48.9 Å². The van der Waals surface area contributed by atoms with Gasteiger partial charge in [-0.3, -0.25) is 9.59 Å². The number of halogens is 1. The van der Waals surface area contributed by atoms with E-state index in [9.17, 15) is 9.59 Å². The molecule has 2 N–H and O–H groups in total. The Morgan fingerprint density at radius 1 is 1.15 bits per heavy atom. The summed E-state index contributed by atoms with van der Waals surface area (Å²) in [6.07, 6.45) is 6.43. The summed E-state index contributed by atoms with van der Waals surface area (Å²) in [5.74, 6) is 0.180. The number of nitrogens with one attached hydrogen (secondary N) is 2. The maximum Gasteiger partial charge on any atom is 0.255 e. The van der Waals surface area contributed by atoms with E-state index in [-0.39, 0.29) is 23.1 Å². The number of piperidine rings is 2. The molecule has 0 radical (unpaired) electrons. The first-order valence-corrected chi connectivity index (χ1v) is 10.1. The lowest BCUT2D eigenvalue weighted by molar-refractivity contribution is -0.118. The number of carbonyl (C=O) groups excluding carboxylic acids is 2. The van der Waals surface area contributed by atoms with Gasteiger partial charge in [-0.15, -0.1) is 0 Å². The number of hydrogen-bond acceptors (Lipinski definition) is 3. The first kappa shape index (κ1) is 17.8. The number of anilines is 1. The third-order valence-electron chi connectivity index (χ3n) is 6.22. The molecule has 1 aromatic rings. The molecule has 0 bridgehead atoms. The van der Waals surface area contributed by atoms with Crippen LogP contribution in [0.3, 0.4) is 0 Å². The summed E-state index contributed by atoms with van der Waals surface area (Å²) in [5.41, 5.74) is 1.41. The van der Waals surface area contributed by atoms with Gasteiger partial charge in [0, 0.05) is 24.7 Å². The lowest BCUT2D eigenvalue weighted by atomic mass is 9.92. The Hall–Kier alpha value is -1.59. The second-order valence-corrected chi connectivity index (χ2v) is 8.31. The monoisotopic (exact) mass is 375 g/mol. The van der Waals surface area contributed by atoms with Gasteiger partial charge in [-0.05, 0) is 75.2 Å². The van der Waals surface area contributed by atoms with Crippen LogP contribution in [0.2, 0.25) is 5.02 Å². The molecule has 140 valence electrons. The number of carbonyl (C=O) groups is 2. The Kier molecular flexibility index (Phi) is 4.93. The van der Waals surface area contributed by atoms with Gasteiger partial charge in [0.25, 0.3) is 5.91 Å². The summed E-state index contributed by atoms with van der Waals surface area (Å²) in [4.78, 5) is 27.1. The Morgan fingerprint density at radius 2 is 1.88 bits per heavy atom. The Balaban J connectivity index is 1.40. The molecule has 3 fully saturated rings. The molecule has 2 saturated heterocycles. The van der Waals surface area contributed by atoms with Crippen LogP contribution in [-0.4, -0.2) is 42.9 Å². The van der Waals surface area contributed by atoms with Crippen LogP contribution in [0.15, 0.2) is 18.2 Å². The van der Waals surface area contributed by atoms with Gasteiger partial charge in [-0.1, -0.05) is 11.6 Å². The molecule has 2 aliphatic heterocycles. The van der Waals surface area contributed by atoms with Crippen molar-refractivity contribution in [2.45, 2.75) is 38.5 Å². The predicted octanol–water partition coefficient (Wildman–Crippen LogP) is 3.29. The maximum atomic E-state index is 12.6. The zero-order chi connectivity index (χ0) is 18.1. The summed E-state index contributed by atoms with van der Waals surface area (Å²) in [6.45, 7) is 3.60. The van der Waals surface area contributed by atoms with Crippen molar-refractivity contribution in [2.24, 2.45) is 11.3 Å². The highest BCUT2D eigenvalue weighted by Crippen LogP contribution is 2.58. The summed E-state index contributed by atoms with van der Waals surface area (Å²) >= 11 is 6.36. The molecule has 4 rings (SSSR count). The van der Waals surface area contributed by atoms with E-state index in [2.05, 4.69) is 10.6 Å². The van der Waals surface area contributed by atoms with Crippen LogP contribution in [0.4, 0.5) is 5.69 Å². The zero-order valence-electron chi connectivity index (χ0n) is 15.0. The average Bonchev–Trinajstić information content (AvgIpc) is 3.35. The van der Waals surface area contributed by atoms with E-state index in [1.54, 1.807) is 18.2 Å². The summed E-state index contributed by atoms with van der Waals surface area (Å²) in [7, 11) is 0. The summed E-state index contributed by atoms with van der Waals surface area (Å²) < 4.78 is 0. The molecule has 6 heteroatoms. The highest BCUT2D eigenvalue weighted by atomic mass is 35.5. The normalized spacial score (nSPS) is 24.3. The first-order chi connectivity index (χ1) is 12.6. The molecule has 2 amide bonds. The van der Waals surface area contributed by atoms with Crippen LogP contribution < -0.4 is 10.6 Å². The molecule has 3 aliphatic rings. The standard InChI is InChI=1S/C20H26ClN3O2/c21-17-12-14(4-5-15(17)19(26)24-10-2-1-3-11-24)23-18(25)16-13-20(16)6-8-22-9-7-20/h4-5,12,16,22H,1-3,6-11,13H2,(H,23,25). The van der Waals surface area contributed by atoms with Crippen molar-refractivity contribution in [1.82, 2.24) is 10.2 Å². The van der Waals surface area contributed by atoms with Crippen molar-refractivity contribution in [2.75, 3.05) is 31.5 Å². The van der Waals surface area contributed by atoms with Crippen molar-refractivity contribution in [3.05, 3.63) is 28.8 Å². The molecule has 1 aromatic carbocycles. The van der Waals surface area contributed by atoms with Crippen LogP contribution in [-0.2, 0) is 4.79 Å². The Morgan fingerprint density at radius 3 is 2.58 bits per heavy atom. The number of benzene rings is 1. The number of rotatable bonds is 3. The maximum absolute atomic E-state index is 12.6. The van der Waals surface area contributed by atoms with Gasteiger partial charge in [0.1, 0.15) is 0 Å². The van der Waals surface area contributed by atoms with Crippen LogP contribution in [0.5, 0.6) is 0 Å². The van der Waals surface area contributed by atoms with Crippen molar-refractivity contribution < 1.29 is 9.59 Å². The fourth-order valence-electron chi connectivity index (χ4n) is 4.46. The lowest BCUT2D eigenvalue weighted by Gasteiger charge is -2.27. The van der Waals surface area contributed by atoms with Crippen molar-refractivity contribution in [3.63, 3.8) is 0 Å². The summed E-state index contributed by atoms with van der Waals surface area (Å²) in [6, 6.07) is 5.23. The minimum atomic E-state index is -0.0107. The SMILES string of the molecule is O=C(Nc1ccc(C(=O)N2CCCCC2)c(Cl)c1)C1CC12CCNCC2. The molecular weight excluding hydrogens is 350 g/mol. The second-order valence-electron chi connectivity index (χ2n) is 7.91. The van der Waals surface area contributed by atoms with E-state index in [4.69, 9.17) is 11.6 Å². The topological polar surface area (TPSA) is 61.4 Å². The molecule has 26 heavy (non-hydrogen) atoms. The smallest absolute Gasteiger partial charge is 0.255 e. The molecule has 0 aromatic heterocycles. The minimum Gasteiger partial charge on any atom is -0.339 e. The lowest BCUT2D eigenvalue weighted by Crippen LogP contribution is -2.35. The number of hydrogen-bond donors (Lipinski definition) is 2. The molecule has 1 saturated carbocycles. The van der Waals surface area contributed by atoms with Gasteiger partial charge in [0.2, 0.25) is 5.91 Å². The number of amides is 2. The third-order valence-corrected chi connectivity index (χ3v) is 6.53. The fraction of sp³-hybridized carbons (Fsp3) is 0.600. The molecular formula is C20H26ClN3O2. The summed E-state index contributed by atoms with van der Waals surface area (Å²) in [5, 5.41) is 6.76. The van der Waals surface area contributed by atoms with Crippen molar-refractivity contribution >= 4 is 29.1 Å². The molecule has 2 heterocycles. The van der Waals surface area contributed by atoms with Gasteiger partial charge in [-0.2, -0.15) is 0 Å². The van der Waals surface area contributed by atoms with Gasteiger partial charge >= 0.3 is 0 Å². The first-order valence-electron chi connectivity index (χ1n) is 9.69. The van der Waals surface area contributed by atoms with E-state index in [1.807, 2.05) is 4.90 Å². The Bertz CT molecular complexity index is 709. The molecule has 1 unspecified atom stereocenters. The van der Waals surface area contributed by atoms with Crippen LogP contribution in [0.25, 0.3) is 0 Å². The molecule has 1 spiro atoms. The van der Waals surface area contributed by atoms with E-state index < -0.39 is 0 Å². The van der Waals surface area contributed by atoms with Gasteiger partial charge in [0.15, 0.2) is 0 Å². The second kappa shape index (κ2) is 7.20. The largest absolute Gasteiger partial charge is 0.339 e. The van der Waals surface area contributed by atoms with Crippen LogP contribution >= 0.6 is 11.6 Å². The quantitative estimate of drug-likeness (QED) is 0.852. The Labute approximate surface area is 159 Å². The molecule has 5 nitrogen and oxygen atoms in total. The van der Waals surface area contributed by atoms with Gasteiger partial charge in [-0.25, -0.2) is 0 Å². The predicted molar refractivity (Wildman–Crippen MR) is 102 cm³/mol. The third kappa shape index (κ3) is 3.47. The minimum absolute atomic E-state index is 0.0107. The number of likely N-dealkylation sites (tertiary alicyclic amines) is 1. The molecule has 1 aliphatic carbocycles. The zero-order valence-corrected chi connectivity index (χ0v) is 15.8. The van der Waals surface area contributed by atoms with Crippen LogP contribution in [0, 0.1) is 11.3 Å². The average molecular weight is 376 g/mol. The highest BCUT2D eigenvalue weighted by molar-refractivity contribution is 6.34. The van der Waals surface area contributed by atoms with Gasteiger partial charge < -0.3 is 15.5 Å². The van der Waals surface area contributed by atoms with Gasteiger partial charge in [0.05, 0.1) is 10.6 Å². The van der Waals surface area contributed by atoms with Crippen molar-refractivity contribution in [3.8, 4) is 0 Å². The highest BCUT2D eigenvalue weighted by Gasteiger charge is 2.57. The van der Waals surface area contributed by atoms with Crippen molar-refractivity contribution in [1.29, 1.82) is 0 Å². The van der Waals surface area contributed by atoms with E-state index in [1.165, 1.54) is 6.42 Å². The van der Waals surface area contributed by atoms with E-state index >= 15 is 0 Å². The number of nitrogens with zero attached hydrogens (tertiary/aromatic N) is 1.